The van der Waals surface area contributed by atoms with Gasteiger partial charge in [-0.1, -0.05) is 42.5 Å². The van der Waals surface area contributed by atoms with Crippen LogP contribution >= 0.6 is 0 Å². The van der Waals surface area contributed by atoms with Gasteiger partial charge in [-0.05, 0) is 81.4 Å². The van der Waals surface area contributed by atoms with Crippen LogP contribution in [0.1, 0.15) is 69.8 Å². The molecule has 0 spiro atoms. The fourth-order valence-electron chi connectivity index (χ4n) is 5.76. The Bertz CT molecular complexity index is 1060. The van der Waals surface area contributed by atoms with Gasteiger partial charge < -0.3 is 21.0 Å². The molecule has 2 aromatic rings. The summed E-state index contributed by atoms with van der Waals surface area (Å²) in [7, 11) is 0. The normalized spacial score (nSPS) is 23.7. The molecule has 37 heavy (non-hydrogen) atoms. The van der Waals surface area contributed by atoms with Gasteiger partial charge in [-0.3, -0.25) is 9.69 Å². The highest BCUT2D eigenvalue weighted by Gasteiger charge is 2.30. The molecule has 0 heterocycles. The minimum Gasteiger partial charge on any atom is -0.465 e. The third-order valence-corrected chi connectivity index (χ3v) is 7.92. The molecule has 0 saturated heterocycles. The van der Waals surface area contributed by atoms with Crippen molar-refractivity contribution in [3.8, 4) is 11.1 Å². The van der Waals surface area contributed by atoms with Crippen LogP contribution in [0.5, 0.6) is 0 Å². The first-order chi connectivity index (χ1) is 17.9. The highest BCUT2D eigenvalue weighted by Crippen LogP contribution is 2.36. The van der Waals surface area contributed by atoms with Gasteiger partial charge in [0.1, 0.15) is 6.29 Å². The molecule has 2 saturated carbocycles. The van der Waals surface area contributed by atoms with Crippen molar-refractivity contribution in [3.63, 3.8) is 0 Å². The summed E-state index contributed by atoms with van der Waals surface area (Å²) in [5.74, 6) is 0.179. The van der Waals surface area contributed by atoms with Crippen LogP contribution in [0.4, 0.5) is 10.5 Å². The van der Waals surface area contributed by atoms with Gasteiger partial charge in [-0.2, -0.15) is 0 Å². The maximum atomic E-state index is 12.5. The van der Waals surface area contributed by atoms with Crippen molar-refractivity contribution < 1.29 is 19.5 Å². The van der Waals surface area contributed by atoms with Crippen molar-refractivity contribution in [1.29, 1.82) is 0 Å². The zero-order chi connectivity index (χ0) is 26.2. The Kier molecular flexibility index (Phi) is 9.34. The maximum absolute atomic E-state index is 12.5. The van der Waals surface area contributed by atoms with Gasteiger partial charge in [0.2, 0.25) is 5.91 Å². The molecule has 7 nitrogen and oxygen atoms in total. The Morgan fingerprint density at radius 3 is 2.32 bits per heavy atom. The van der Waals surface area contributed by atoms with E-state index in [1.54, 1.807) is 4.90 Å². The zero-order valence-corrected chi connectivity index (χ0v) is 21.5. The van der Waals surface area contributed by atoms with E-state index in [9.17, 15) is 19.5 Å². The molecular formula is C30H39N3O4. The van der Waals surface area contributed by atoms with E-state index in [1.807, 2.05) is 48.5 Å². The molecule has 2 aliphatic rings. The van der Waals surface area contributed by atoms with E-state index >= 15 is 0 Å². The molecule has 2 aliphatic carbocycles. The van der Waals surface area contributed by atoms with Crippen LogP contribution in [0.25, 0.3) is 11.1 Å². The second-order valence-electron chi connectivity index (χ2n) is 10.6. The lowest BCUT2D eigenvalue weighted by atomic mass is 9.87. The first-order valence-electron chi connectivity index (χ1n) is 13.7. The topological polar surface area (TPSA) is 113 Å². The number of hydrogen-bond donors (Lipinski definition) is 3. The average Bonchev–Trinajstić information content (AvgIpc) is 2.91. The first kappa shape index (κ1) is 26.9. The fourth-order valence-corrected chi connectivity index (χ4v) is 5.76. The number of anilines is 1. The largest absolute Gasteiger partial charge is 0.465 e. The van der Waals surface area contributed by atoms with E-state index in [-0.39, 0.29) is 30.0 Å². The van der Waals surface area contributed by atoms with Crippen LogP contribution < -0.4 is 16.0 Å². The quantitative estimate of drug-likeness (QED) is 0.400. The van der Waals surface area contributed by atoms with Gasteiger partial charge in [0.15, 0.2) is 0 Å². The Labute approximate surface area is 219 Å². The summed E-state index contributed by atoms with van der Waals surface area (Å²) in [6.45, 7) is 0. The van der Waals surface area contributed by atoms with Crippen molar-refractivity contribution in [2.75, 3.05) is 4.90 Å². The standard InChI is InChI=1S/C30H39N3O4/c31-24-12-16-26(17-13-24)33(30(36)37)28-19-21(11-18-27(28)23-6-2-1-3-7-23)5-4-8-29(35)32-25-14-9-22(20-34)10-15-25/h1-3,6-7,11,18-20,22,24-26H,4-5,8-10,12-17,31H2,(H,32,35)(H,36,37)/t22-,24-,25-,26-. The summed E-state index contributed by atoms with van der Waals surface area (Å²) < 4.78 is 0. The summed E-state index contributed by atoms with van der Waals surface area (Å²) in [5.41, 5.74) is 9.69. The molecule has 0 radical (unpaired) electrons. The number of aldehydes is 1. The van der Waals surface area contributed by atoms with Crippen molar-refractivity contribution in [3.05, 3.63) is 54.1 Å². The number of rotatable bonds is 9. The summed E-state index contributed by atoms with van der Waals surface area (Å²) in [5, 5.41) is 13.4. The van der Waals surface area contributed by atoms with E-state index in [1.165, 1.54) is 0 Å². The molecule has 0 bridgehead atoms. The molecule has 2 amide bonds. The Morgan fingerprint density at radius 2 is 1.68 bits per heavy atom. The van der Waals surface area contributed by atoms with Crippen LogP contribution in [0.15, 0.2) is 48.5 Å². The van der Waals surface area contributed by atoms with Crippen molar-refractivity contribution in [1.82, 2.24) is 5.32 Å². The van der Waals surface area contributed by atoms with Crippen LogP contribution in [0, 0.1) is 5.92 Å². The number of hydrogen-bond acceptors (Lipinski definition) is 4. The van der Waals surface area contributed by atoms with E-state index in [0.29, 0.717) is 24.9 Å². The monoisotopic (exact) mass is 505 g/mol. The minimum atomic E-state index is -0.946. The lowest BCUT2D eigenvalue weighted by Gasteiger charge is -2.35. The highest BCUT2D eigenvalue weighted by atomic mass is 16.4. The highest BCUT2D eigenvalue weighted by molar-refractivity contribution is 5.93. The van der Waals surface area contributed by atoms with Crippen molar-refractivity contribution >= 4 is 24.0 Å². The van der Waals surface area contributed by atoms with Crippen molar-refractivity contribution in [2.24, 2.45) is 11.7 Å². The number of carboxylic acid groups (broad SMARTS) is 1. The van der Waals surface area contributed by atoms with Gasteiger partial charge in [-0.25, -0.2) is 4.79 Å². The third kappa shape index (κ3) is 7.19. The summed E-state index contributed by atoms with van der Waals surface area (Å²) in [6.07, 6.45) is 8.43. The second-order valence-corrected chi connectivity index (χ2v) is 10.6. The number of nitrogens with two attached hydrogens (primary N) is 1. The smallest absolute Gasteiger partial charge is 0.412 e. The van der Waals surface area contributed by atoms with Crippen LogP contribution in [-0.2, 0) is 16.0 Å². The molecular weight excluding hydrogens is 466 g/mol. The number of nitrogens with one attached hydrogen (secondary N) is 1. The molecule has 2 aromatic carbocycles. The maximum Gasteiger partial charge on any atom is 0.412 e. The van der Waals surface area contributed by atoms with Gasteiger partial charge in [0.25, 0.3) is 0 Å². The van der Waals surface area contributed by atoms with E-state index in [2.05, 4.69) is 5.32 Å². The zero-order valence-electron chi connectivity index (χ0n) is 21.5. The molecule has 198 valence electrons. The SMILES string of the molecule is N[C@H]1CC[C@H](N(C(=O)O)c2cc(CCCC(=O)N[C@H]3CC[C@H](C=O)CC3)ccc2-c2ccccc2)CC1. The molecule has 2 fully saturated rings. The van der Waals surface area contributed by atoms with E-state index < -0.39 is 6.09 Å². The predicted octanol–water partition coefficient (Wildman–Crippen LogP) is 5.30. The Hall–Kier alpha value is -3.19. The van der Waals surface area contributed by atoms with Crippen LogP contribution in [-0.4, -0.2) is 41.5 Å². The average molecular weight is 506 g/mol. The molecule has 0 atom stereocenters. The number of carbonyl (C=O) groups excluding carboxylic acids is 2. The van der Waals surface area contributed by atoms with Gasteiger partial charge in [0, 0.05) is 36.0 Å². The van der Waals surface area contributed by atoms with Crippen LogP contribution in [0.2, 0.25) is 0 Å². The molecule has 4 rings (SSSR count). The Morgan fingerprint density at radius 1 is 0.973 bits per heavy atom. The number of benzene rings is 2. The number of carbonyl (C=O) groups is 3. The number of amides is 2. The molecule has 4 N–H and O–H groups in total. The fraction of sp³-hybridized carbons (Fsp3) is 0.500. The lowest BCUT2D eigenvalue weighted by molar-refractivity contribution is -0.122. The predicted molar refractivity (Wildman–Crippen MR) is 146 cm³/mol. The summed E-state index contributed by atoms with van der Waals surface area (Å²) in [6, 6.07) is 16.1. The number of aryl methyl sites for hydroxylation is 1. The molecule has 0 aliphatic heterocycles. The van der Waals surface area contributed by atoms with Crippen molar-refractivity contribution in [2.45, 2.75) is 88.8 Å². The lowest BCUT2D eigenvalue weighted by Crippen LogP contribution is -2.44. The third-order valence-electron chi connectivity index (χ3n) is 7.92. The molecule has 0 unspecified atom stereocenters. The van der Waals surface area contributed by atoms with E-state index in [0.717, 1.165) is 74.3 Å². The van der Waals surface area contributed by atoms with Gasteiger partial charge in [-0.15, -0.1) is 0 Å². The second kappa shape index (κ2) is 12.9. The number of nitrogens with zero attached hydrogens (tertiary/aromatic N) is 1. The molecule has 0 aromatic heterocycles. The van der Waals surface area contributed by atoms with E-state index in [4.69, 9.17) is 5.73 Å². The Balaban J connectivity index is 1.45. The minimum absolute atomic E-state index is 0.0430. The molecule has 7 heteroatoms. The van der Waals surface area contributed by atoms with Gasteiger partial charge >= 0.3 is 6.09 Å². The van der Waals surface area contributed by atoms with Crippen LogP contribution in [0.3, 0.4) is 0 Å². The summed E-state index contributed by atoms with van der Waals surface area (Å²) in [4.78, 5) is 37.5. The summed E-state index contributed by atoms with van der Waals surface area (Å²) >= 11 is 0. The van der Waals surface area contributed by atoms with Gasteiger partial charge in [0.05, 0.1) is 5.69 Å². The first-order valence-corrected chi connectivity index (χ1v) is 13.7.